The molecule has 142 valence electrons. The van der Waals surface area contributed by atoms with Crippen LogP contribution in [0.3, 0.4) is 0 Å². The van der Waals surface area contributed by atoms with Gasteiger partial charge in [0.1, 0.15) is 0 Å². The molecule has 1 aromatic carbocycles. The Morgan fingerprint density at radius 1 is 1.00 bits per heavy atom. The fraction of sp³-hybridized carbons (Fsp3) is 0.650. The highest BCUT2D eigenvalue weighted by Gasteiger charge is 2.21. The van der Waals surface area contributed by atoms with Gasteiger partial charge in [0.2, 0.25) is 5.75 Å². The molecular weight excluding hydrogens is 320 g/mol. The number of phenolic OH excluding ortho intramolecular Hbond substituents is 1. The molecule has 5 heteroatoms. The molecule has 0 saturated carbocycles. The summed E-state index contributed by atoms with van der Waals surface area (Å²) in [6.07, 6.45) is 7.56. The second-order valence-electron chi connectivity index (χ2n) is 6.32. The van der Waals surface area contributed by atoms with Gasteiger partial charge in [-0.25, -0.2) is 4.79 Å². The number of hydrogen-bond donors (Lipinski definition) is 2. The van der Waals surface area contributed by atoms with Gasteiger partial charge in [-0.3, -0.25) is 0 Å². The van der Waals surface area contributed by atoms with Gasteiger partial charge < -0.3 is 19.7 Å². The van der Waals surface area contributed by atoms with E-state index in [9.17, 15) is 9.90 Å². The van der Waals surface area contributed by atoms with E-state index >= 15 is 0 Å². The summed E-state index contributed by atoms with van der Waals surface area (Å²) in [7, 11) is 0. The number of hydrogen-bond acceptors (Lipinski definition) is 4. The van der Waals surface area contributed by atoms with Crippen molar-refractivity contribution in [3.63, 3.8) is 0 Å². The highest BCUT2D eigenvalue weighted by atomic mass is 16.7. The highest BCUT2D eigenvalue weighted by Crippen LogP contribution is 2.42. The van der Waals surface area contributed by atoms with Crippen molar-refractivity contribution in [1.82, 2.24) is 0 Å². The average molecular weight is 352 g/mol. The van der Waals surface area contributed by atoms with Crippen molar-refractivity contribution in [2.75, 3.05) is 6.61 Å². The largest absolute Gasteiger partial charge is 0.511 e. The van der Waals surface area contributed by atoms with Crippen molar-refractivity contribution in [2.45, 2.75) is 78.6 Å². The van der Waals surface area contributed by atoms with Crippen LogP contribution in [0.2, 0.25) is 0 Å². The maximum absolute atomic E-state index is 10.9. The summed E-state index contributed by atoms with van der Waals surface area (Å²) in [4.78, 5) is 10.9. The molecule has 0 spiro atoms. The summed E-state index contributed by atoms with van der Waals surface area (Å²) in [5, 5.41) is 19.4. The Morgan fingerprint density at radius 2 is 1.68 bits per heavy atom. The number of aryl methyl sites for hydroxylation is 1. The predicted octanol–water partition coefficient (Wildman–Crippen LogP) is 5.70. The first-order valence-electron chi connectivity index (χ1n) is 9.46. The SMILES string of the molecule is CCCCCCCOc1c(O)c(OC(=O)O)cc(CCC)c1CCC. The van der Waals surface area contributed by atoms with Crippen LogP contribution >= 0.6 is 0 Å². The number of rotatable bonds is 12. The van der Waals surface area contributed by atoms with E-state index in [4.69, 9.17) is 14.6 Å². The molecule has 0 heterocycles. The number of phenols is 1. The fourth-order valence-electron chi connectivity index (χ4n) is 2.94. The highest BCUT2D eigenvalue weighted by molar-refractivity contribution is 5.66. The number of benzene rings is 1. The number of carbonyl (C=O) groups is 1. The van der Waals surface area contributed by atoms with E-state index in [0.29, 0.717) is 12.4 Å². The molecule has 5 nitrogen and oxygen atoms in total. The third-order valence-electron chi connectivity index (χ3n) is 4.13. The Hall–Kier alpha value is -1.91. The van der Waals surface area contributed by atoms with Gasteiger partial charge >= 0.3 is 6.16 Å². The van der Waals surface area contributed by atoms with Crippen LogP contribution in [0.4, 0.5) is 4.79 Å². The number of carboxylic acid groups (broad SMARTS) is 1. The maximum Gasteiger partial charge on any atom is 0.511 e. The van der Waals surface area contributed by atoms with Crippen molar-refractivity contribution in [1.29, 1.82) is 0 Å². The lowest BCUT2D eigenvalue weighted by atomic mass is 9.97. The molecule has 1 rings (SSSR count). The summed E-state index contributed by atoms with van der Waals surface area (Å²) < 4.78 is 10.6. The normalized spacial score (nSPS) is 10.7. The quantitative estimate of drug-likeness (QED) is 0.286. The van der Waals surface area contributed by atoms with Crippen molar-refractivity contribution in [2.24, 2.45) is 0 Å². The first-order valence-corrected chi connectivity index (χ1v) is 9.46. The summed E-state index contributed by atoms with van der Waals surface area (Å²) in [5.74, 6) is 0.135. The summed E-state index contributed by atoms with van der Waals surface area (Å²) >= 11 is 0. The van der Waals surface area contributed by atoms with Crippen LogP contribution < -0.4 is 9.47 Å². The Morgan fingerprint density at radius 3 is 2.28 bits per heavy atom. The van der Waals surface area contributed by atoms with Crippen LogP contribution in [-0.4, -0.2) is 23.0 Å². The second kappa shape index (κ2) is 11.6. The Kier molecular flexibility index (Phi) is 9.81. The van der Waals surface area contributed by atoms with Gasteiger partial charge in [-0.2, -0.15) is 0 Å². The molecule has 0 aliphatic heterocycles. The minimum atomic E-state index is -1.44. The van der Waals surface area contributed by atoms with E-state index in [1.165, 1.54) is 19.3 Å². The average Bonchev–Trinajstić information content (AvgIpc) is 2.57. The topological polar surface area (TPSA) is 76.0 Å². The van der Waals surface area contributed by atoms with Crippen molar-refractivity contribution in [3.8, 4) is 17.2 Å². The molecule has 0 aromatic heterocycles. The molecule has 1 aromatic rings. The van der Waals surface area contributed by atoms with Crippen molar-refractivity contribution >= 4 is 6.16 Å². The van der Waals surface area contributed by atoms with Crippen LogP contribution in [0.1, 0.15) is 76.8 Å². The van der Waals surface area contributed by atoms with Gasteiger partial charge in [0.25, 0.3) is 0 Å². The second-order valence-corrected chi connectivity index (χ2v) is 6.32. The third-order valence-corrected chi connectivity index (χ3v) is 4.13. The standard InChI is InChI=1S/C20H32O5/c1-4-7-8-9-10-13-24-19-16(12-6-3)15(11-5-2)14-17(18(19)21)25-20(22)23/h14,21H,4-13H2,1-3H3,(H,22,23). The van der Waals surface area contributed by atoms with Crippen molar-refractivity contribution < 1.29 is 24.5 Å². The Balaban J connectivity index is 3.02. The smallest absolute Gasteiger partial charge is 0.502 e. The van der Waals surface area contributed by atoms with E-state index in [2.05, 4.69) is 20.8 Å². The van der Waals surface area contributed by atoms with E-state index in [0.717, 1.165) is 49.7 Å². The number of ether oxygens (including phenoxy) is 2. The minimum absolute atomic E-state index is 0.0446. The molecule has 0 saturated heterocycles. The fourth-order valence-corrected chi connectivity index (χ4v) is 2.94. The summed E-state index contributed by atoms with van der Waals surface area (Å²) in [6, 6.07) is 1.63. The van der Waals surface area contributed by atoms with E-state index in [1.54, 1.807) is 6.07 Å². The molecular formula is C20H32O5. The summed E-state index contributed by atoms with van der Waals surface area (Å²) in [6.45, 7) is 6.82. The third kappa shape index (κ3) is 6.85. The molecule has 0 atom stereocenters. The molecule has 0 fully saturated rings. The molecule has 0 unspecified atom stereocenters. The zero-order valence-corrected chi connectivity index (χ0v) is 15.8. The van der Waals surface area contributed by atoms with Crippen LogP contribution in [0.25, 0.3) is 0 Å². The lowest BCUT2D eigenvalue weighted by Crippen LogP contribution is -2.08. The zero-order valence-electron chi connectivity index (χ0n) is 15.8. The number of unbranched alkanes of at least 4 members (excludes halogenated alkanes) is 4. The van der Waals surface area contributed by atoms with Crippen LogP contribution in [0.15, 0.2) is 6.07 Å². The van der Waals surface area contributed by atoms with Gasteiger partial charge in [-0.05, 0) is 30.9 Å². The predicted molar refractivity (Wildman–Crippen MR) is 99.0 cm³/mol. The van der Waals surface area contributed by atoms with Crippen molar-refractivity contribution in [3.05, 3.63) is 17.2 Å². The first-order chi connectivity index (χ1) is 12.0. The van der Waals surface area contributed by atoms with Crippen LogP contribution in [0, 0.1) is 0 Å². The molecule has 2 N–H and O–H groups in total. The van der Waals surface area contributed by atoms with Crippen LogP contribution in [-0.2, 0) is 12.8 Å². The van der Waals surface area contributed by atoms with Gasteiger partial charge in [-0.1, -0.05) is 59.3 Å². The van der Waals surface area contributed by atoms with Gasteiger partial charge in [0.15, 0.2) is 11.5 Å². The Bertz CT molecular complexity index is 539. The van der Waals surface area contributed by atoms with Gasteiger partial charge in [0.05, 0.1) is 6.61 Å². The molecule has 0 radical (unpaired) electrons. The molecule has 25 heavy (non-hydrogen) atoms. The van der Waals surface area contributed by atoms with E-state index in [1.807, 2.05) is 0 Å². The molecule has 0 aliphatic carbocycles. The van der Waals surface area contributed by atoms with Gasteiger partial charge in [-0.15, -0.1) is 0 Å². The monoisotopic (exact) mass is 352 g/mol. The molecule has 0 amide bonds. The zero-order chi connectivity index (χ0) is 18.7. The lowest BCUT2D eigenvalue weighted by molar-refractivity contribution is 0.142. The van der Waals surface area contributed by atoms with Gasteiger partial charge in [0, 0.05) is 5.56 Å². The van der Waals surface area contributed by atoms with Crippen LogP contribution in [0.5, 0.6) is 17.2 Å². The lowest BCUT2D eigenvalue weighted by Gasteiger charge is -2.19. The molecule has 0 aliphatic rings. The van der Waals surface area contributed by atoms with E-state index < -0.39 is 6.16 Å². The number of aromatic hydroxyl groups is 1. The Labute approximate surface area is 151 Å². The minimum Gasteiger partial charge on any atom is -0.502 e. The first kappa shape index (κ1) is 21.1. The summed E-state index contributed by atoms with van der Waals surface area (Å²) in [5.41, 5.74) is 1.95. The van der Waals surface area contributed by atoms with E-state index in [-0.39, 0.29) is 11.5 Å². The molecule has 0 bridgehead atoms. The maximum atomic E-state index is 10.9.